The first-order valence-electron chi connectivity index (χ1n) is 9.27. The van der Waals surface area contributed by atoms with Crippen molar-refractivity contribution in [1.29, 1.82) is 5.26 Å². The van der Waals surface area contributed by atoms with Gasteiger partial charge in [0.05, 0.1) is 16.4 Å². The molecule has 1 fully saturated rings. The van der Waals surface area contributed by atoms with E-state index >= 15 is 0 Å². The molecule has 0 spiro atoms. The highest BCUT2D eigenvalue weighted by molar-refractivity contribution is 8.06. The molecule has 0 atom stereocenters. The van der Waals surface area contributed by atoms with E-state index in [2.05, 4.69) is 26.7 Å². The van der Waals surface area contributed by atoms with Crippen LogP contribution >= 0.6 is 11.8 Å². The van der Waals surface area contributed by atoms with Crippen LogP contribution in [0.5, 0.6) is 0 Å². The van der Waals surface area contributed by atoms with E-state index < -0.39 is 0 Å². The van der Waals surface area contributed by atoms with Gasteiger partial charge in [0, 0.05) is 17.6 Å². The summed E-state index contributed by atoms with van der Waals surface area (Å²) in [4.78, 5) is 8.95. The summed E-state index contributed by atoms with van der Waals surface area (Å²) >= 11 is 1.52. The van der Waals surface area contributed by atoms with E-state index in [0.29, 0.717) is 23.3 Å². The normalized spacial score (nSPS) is 19.0. The van der Waals surface area contributed by atoms with Crippen LogP contribution in [-0.4, -0.2) is 16.0 Å². The number of benzene rings is 1. The minimum atomic E-state index is 0.428. The number of nitriles is 1. The summed E-state index contributed by atoms with van der Waals surface area (Å²) in [6, 6.07) is 14.6. The Hall–Kier alpha value is -2.78. The minimum Gasteiger partial charge on any atom is -0.351 e. The summed E-state index contributed by atoms with van der Waals surface area (Å²) in [6.45, 7) is 0. The zero-order chi connectivity index (χ0) is 18.5. The highest BCUT2D eigenvalue weighted by atomic mass is 32.2. The van der Waals surface area contributed by atoms with Gasteiger partial charge in [0.15, 0.2) is 0 Å². The third-order valence-electron chi connectivity index (χ3n) is 4.82. The van der Waals surface area contributed by atoms with Crippen LogP contribution < -0.4 is 10.6 Å². The molecule has 0 saturated heterocycles. The van der Waals surface area contributed by atoms with Crippen molar-refractivity contribution in [1.82, 2.24) is 15.3 Å². The molecule has 27 heavy (non-hydrogen) atoms. The largest absolute Gasteiger partial charge is 0.351 e. The third-order valence-corrected chi connectivity index (χ3v) is 5.71. The maximum atomic E-state index is 9.74. The van der Waals surface area contributed by atoms with Gasteiger partial charge in [-0.25, -0.2) is 9.97 Å². The zero-order valence-electron chi connectivity index (χ0n) is 15.0. The summed E-state index contributed by atoms with van der Waals surface area (Å²) in [5.74, 6) is 0.604. The number of nitrogens with zero attached hydrogens (tertiary/aromatic N) is 3. The molecule has 2 aromatic rings. The van der Waals surface area contributed by atoms with Crippen molar-refractivity contribution in [2.45, 2.75) is 38.1 Å². The molecule has 1 aromatic heterocycles. The predicted molar refractivity (Wildman–Crippen MR) is 110 cm³/mol. The van der Waals surface area contributed by atoms with Crippen molar-refractivity contribution in [2.75, 3.05) is 5.32 Å². The molecule has 136 valence electrons. The van der Waals surface area contributed by atoms with Gasteiger partial charge in [-0.05, 0) is 24.5 Å². The van der Waals surface area contributed by atoms with E-state index in [1.165, 1.54) is 31.0 Å². The van der Waals surface area contributed by atoms with Gasteiger partial charge in [0.25, 0.3) is 0 Å². The fraction of sp³-hybridized carbons (Fsp3) is 0.286. The zero-order valence-corrected chi connectivity index (χ0v) is 15.8. The summed E-state index contributed by atoms with van der Waals surface area (Å²) in [5, 5.41) is 19.4. The molecule has 0 unspecified atom stereocenters. The lowest BCUT2D eigenvalue weighted by atomic mass is 9.96. The lowest BCUT2D eigenvalue weighted by Gasteiger charge is -2.22. The Morgan fingerprint density at radius 1 is 1.15 bits per heavy atom. The van der Waals surface area contributed by atoms with Crippen molar-refractivity contribution >= 4 is 29.0 Å². The second-order valence-electron chi connectivity index (χ2n) is 6.70. The maximum absolute atomic E-state index is 9.74. The molecule has 2 N–H and O–H groups in total. The Bertz CT molecular complexity index is 908. The average molecular weight is 376 g/mol. The molecule has 1 aromatic carbocycles. The second-order valence-corrected chi connectivity index (χ2v) is 7.58. The van der Waals surface area contributed by atoms with Crippen LogP contribution in [0.25, 0.3) is 11.3 Å². The molecule has 0 bridgehead atoms. The number of nitrogens with one attached hydrogen (secondary N) is 2. The molecule has 4 rings (SSSR count). The predicted octanol–water partition coefficient (Wildman–Crippen LogP) is 4.75. The first kappa shape index (κ1) is 17.6. The summed E-state index contributed by atoms with van der Waals surface area (Å²) in [6.07, 6.45) is 7.84. The Morgan fingerprint density at radius 2 is 1.96 bits per heavy atom. The van der Waals surface area contributed by atoms with E-state index in [0.717, 1.165) is 29.1 Å². The Morgan fingerprint density at radius 3 is 2.74 bits per heavy atom. The highest BCUT2D eigenvalue weighted by Gasteiger charge is 2.19. The van der Waals surface area contributed by atoms with Crippen molar-refractivity contribution in [3.05, 3.63) is 64.3 Å². The number of allylic oxidation sites excluding steroid dienone is 1. The van der Waals surface area contributed by atoms with Crippen LogP contribution in [0.2, 0.25) is 0 Å². The molecule has 2 aliphatic rings. The van der Waals surface area contributed by atoms with E-state index in [4.69, 9.17) is 0 Å². The minimum absolute atomic E-state index is 0.428. The fourth-order valence-electron chi connectivity index (χ4n) is 3.40. The summed E-state index contributed by atoms with van der Waals surface area (Å²) < 4.78 is 0. The quantitative estimate of drug-likeness (QED) is 0.752. The van der Waals surface area contributed by atoms with E-state index in [1.54, 1.807) is 12.3 Å². The molecule has 1 saturated carbocycles. The van der Waals surface area contributed by atoms with Gasteiger partial charge >= 0.3 is 0 Å². The number of rotatable bonds is 4. The van der Waals surface area contributed by atoms with Crippen LogP contribution in [0.3, 0.4) is 0 Å². The Labute approximate surface area is 163 Å². The Balaban J connectivity index is 1.54. The van der Waals surface area contributed by atoms with Gasteiger partial charge < -0.3 is 10.6 Å². The van der Waals surface area contributed by atoms with E-state index in [-0.39, 0.29) is 0 Å². The maximum Gasteiger partial charge on any atom is 0.223 e. The molecular formula is C21H21N5S. The number of hydrogen-bond donors (Lipinski definition) is 2. The van der Waals surface area contributed by atoms with Crippen LogP contribution in [0.1, 0.15) is 43.4 Å². The molecular weight excluding hydrogens is 354 g/mol. The number of aromatic nitrogens is 2. The van der Waals surface area contributed by atoms with Crippen LogP contribution in [0.4, 0.5) is 5.95 Å². The first-order chi connectivity index (χ1) is 13.3. The summed E-state index contributed by atoms with van der Waals surface area (Å²) in [5.41, 5.74) is 3.28. The second kappa shape index (κ2) is 8.28. The van der Waals surface area contributed by atoms with Crippen LogP contribution in [-0.2, 0) is 0 Å². The third kappa shape index (κ3) is 4.15. The lowest BCUT2D eigenvalue weighted by molar-refractivity contribution is 0.461. The fourth-order valence-corrected chi connectivity index (χ4v) is 4.27. The highest BCUT2D eigenvalue weighted by Crippen LogP contribution is 2.34. The Kier molecular flexibility index (Phi) is 5.40. The van der Waals surface area contributed by atoms with Gasteiger partial charge in [0.1, 0.15) is 11.6 Å². The van der Waals surface area contributed by atoms with Crippen molar-refractivity contribution in [3.63, 3.8) is 0 Å². The van der Waals surface area contributed by atoms with Crippen LogP contribution in [0, 0.1) is 11.3 Å². The number of thioether (sulfide) groups is 1. The van der Waals surface area contributed by atoms with Gasteiger partial charge in [0.2, 0.25) is 5.95 Å². The molecule has 0 radical (unpaired) electrons. The van der Waals surface area contributed by atoms with Crippen molar-refractivity contribution in [3.8, 4) is 6.07 Å². The summed E-state index contributed by atoms with van der Waals surface area (Å²) in [7, 11) is 0. The molecule has 0 amide bonds. The average Bonchev–Trinajstić information content (AvgIpc) is 3.20. The van der Waals surface area contributed by atoms with E-state index in [9.17, 15) is 5.26 Å². The van der Waals surface area contributed by atoms with Crippen molar-refractivity contribution < 1.29 is 0 Å². The molecule has 1 aliphatic carbocycles. The van der Waals surface area contributed by atoms with E-state index in [1.807, 2.05) is 35.7 Å². The molecule has 2 heterocycles. The molecule has 6 heteroatoms. The smallest absolute Gasteiger partial charge is 0.223 e. The first-order valence-corrected chi connectivity index (χ1v) is 10.1. The molecule has 5 nitrogen and oxygen atoms in total. The van der Waals surface area contributed by atoms with Gasteiger partial charge in [-0.15, -0.1) is 0 Å². The lowest BCUT2D eigenvalue weighted by Crippen LogP contribution is -2.23. The molecule has 1 aliphatic heterocycles. The monoisotopic (exact) mass is 375 g/mol. The van der Waals surface area contributed by atoms with Gasteiger partial charge in [-0.1, -0.05) is 61.4 Å². The van der Waals surface area contributed by atoms with Gasteiger partial charge in [-0.2, -0.15) is 5.26 Å². The number of anilines is 1. The van der Waals surface area contributed by atoms with Crippen LogP contribution in [0.15, 0.2) is 53.0 Å². The van der Waals surface area contributed by atoms with Crippen molar-refractivity contribution in [2.24, 2.45) is 0 Å². The topological polar surface area (TPSA) is 73.6 Å². The SMILES string of the molecule is N#CC(=C1NC(c2ccccc2)=CS1)c1ccnc(NC2CCCCC2)n1. The number of hydrogen-bond acceptors (Lipinski definition) is 6. The standard InChI is InChI=1S/C21H21N5S/c22-13-17(20-25-19(14-27-20)15-7-3-1-4-8-15)18-11-12-23-21(26-18)24-16-9-5-2-6-10-16/h1,3-4,7-8,11-12,14,16,25H,2,5-6,9-10H2,(H,23,24,26). The van der Waals surface area contributed by atoms with Gasteiger partial charge in [-0.3, -0.25) is 0 Å².